The fraction of sp³-hybridized carbons (Fsp3) is 0.263. The lowest BCUT2D eigenvalue weighted by atomic mass is 10.1. The minimum atomic E-state index is -4.06. The van der Waals surface area contributed by atoms with Crippen molar-refractivity contribution in [3.8, 4) is 0 Å². The van der Waals surface area contributed by atoms with Crippen molar-refractivity contribution < 1.29 is 27.6 Å². The average molecular weight is 441 g/mol. The maximum atomic E-state index is 12.4. The Kier molecular flexibility index (Phi) is 7.74. The van der Waals surface area contributed by atoms with Crippen molar-refractivity contribution in [1.82, 2.24) is 4.47 Å². The van der Waals surface area contributed by atoms with Crippen molar-refractivity contribution in [2.45, 2.75) is 18.2 Å². The molecule has 0 saturated heterocycles. The van der Waals surface area contributed by atoms with E-state index in [0.29, 0.717) is 10.2 Å². The molecule has 156 valence electrons. The van der Waals surface area contributed by atoms with Gasteiger partial charge in [0.25, 0.3) is 15.9 Å². The highest BCUT2D eigenvalue weighted by Gasteiger charge is 2.25. The normalized spacial score (nSPS) is 11.3. The zero-order valence-electron chi connectivity index (χ0n) is 16.1. The van der Waals surface area contributed by atoms with Crippen LogP contribution >= 0.6 is 11.6 Å². The highest BCUT2D eigenvalue weighted by Crippen LogP contribution is 2.25. The fourth-order valence-electron chi connectivity index (χ4n) is 2.42. The summed E-state index contributed by atoms with van der Waals surface area (Å²) in [6.07, 6.45) is 0.730. The van der Waals surface area contributed by atoms with Crippen LogP contribution in [-0.4, -0.2) is 45.5 Å². The summed E-state index contributed by atoms with van der Waals surface area (Å²) in [4.78, 5) is 28.7. The number of nitrogens with one attached hydrogen (secondary N) is 1. The van der Waals surface area contributed by atoms with Crippen LogP contribution in [0, 0.1) is 0 Å². The van der Waals surface area contributed by atoms with Crippen molar-refractivity contribution >= 4 is 39.2 Å². The number of nitrogens with zero attached hydrogens (tertiary/aromatic N) is 1. The molecular weight excluding hydrogens is 420 g/mol. The molecule has 2 aromatic carbocycles. The van der Waals surface area contributed by atoms with Crippen LogP contribution in [0.2, 0.25) is 5.02 Å². The molecule has 0 heterocycles. The quantitative estimate of drug-likeness (QED) is 0.500. The van der Waals surface area contributed by atoms with Crippen molar-refractivity contribution in [2.24, 2.45) is 0 Å². The third-order valence-electron chi connectivity index (χ3n) is 4.05. The summed E-state index contributed by atoms with van der Waals surface area (Å²) in [5.41, 5.74) is 1.51. The number of hydrogen-bond donors (Lipinski definition) is 1. The lowest BCUT2D eigenvalue weighted by molar-refractivity contribution is -0.119. The van der Waals surface area contributed by atoms with E-state index < -0.39 is 28.5 Å². The summed E-state index contributed by atoms with van der Waals surface area (Å²) in [6.45, 7) is 1.43. The van der Waals surface area contributed by atoms with Gasteiger partial charge in [0.2, 0.25) is 0 Å². The second kappa shape index (κ2) is 9.84. The van der Waals surface area contributed by atoms with Gasteiger partial charge in [0, 0.05) is 12.7 Å². The Morgan fingerprint density at radius 2 is 1.86 bits per heavy atom. The highest BCUT2D eigenvalue weighted by molar-refractivity contribution is 7.89. The molecule has 1 N–H and O–H groups in total. The number of esters is 1. The molecule has 0 aliphatic carbocycles. The Bertz CT molecular complexity index is 1010. The fourth-order valence-corrected chi connectivity index (χ4v) is 3.89. The number of ether oxygens (including phenoxy) is 1. The van der Waals surface area contributed by atoms with Gasteiger partial charge in [-0.25, -0.2) is 13.2 Å². The maximum Gasteiger partial charge on any atom is 0.338 e. The molecule has 0 aliphatic rings. The van der Waals surface area contributed by atoms with Crippen molar-refractivity contribution in [3.63, 3.8) is 0 Å². The molecule has 2 aromatic rings. The van der Waals surface area contributed by atoms with Crippen molar-refractivity contribution in [1.29, 1.82) is 0 Å². The number of hydrogen-bond acceptors (Lipinski definition) is 6. The second-order valence-corrected chi connectivity index (χ2v) is 8.19. The van der Waals surface area contributed by atoms with E-state index in [2.05, 4.69) is 5.32 Å². The first-order chi connectivity index (χ1) is 13.7. The summed E-state index contributed by atoms with van der Waals surface area (Å²) in [5, 5.41) is 2.60. The van der Waals surface area contributed by atoms with E-state index in [9.17, 15) is 18.0 Å². The van der Waals surface area contributed by atoms with Crippen LogP contribution in [0.5, 0.6) is 0 Å². The number of carbonyl (C=O) groups is 2. The van der Waals surface area contributed by atoms with Crippen LogP contribution in [0.25, 0.3) is 0 Å². The molecule has 1 amide bonds. The molecule has 0 unspecified atom stereocenters. The zero-order valence-corrected chi connectivity index (χ0v) is 17.7. The number of rotatable bonds is 8. The first kappa shape index (κ1) is 22.8. The van der Waals surface area contributed by atoms with Gasteiger partial charge in [-0.2, -0.15) is 0 Å². The standard InChI is InChI=1S/C19H21ClN2O6S/c1-4-13-7-5-6-8-16(13)21-18(23)12-28-19(24)14-9-10-15(20)17(11-14)29(25,26)22(2)27-3/h5-11H,4,12H2,1-3H3,(H,21,23). The van der Waals surface area contributed by atoms with Gasteiger partial charge < -0.3 is 10.1 Å². The van der Waals surface area contributed by atoms with Gasteiger partial charge in [0.1, 0.15) is 4.90 Å². The van der Waals surface area contributed by atoms with Gasteiger partial charge in [-0.3, -0.25) is 9.63 Å². The minimum Gasteiger partial charge on any atom is -0.452 e. The van der Waals surface area contributed by atoms with Gasteiger partial charge in [-0.15, -0.1) is 0 Å². The average Bonchev–Trinajstić information content (AvgIpc) is 2.71. The number of hydroxylamine groups is 1. The predicted molar refractivity (Wildman–Crippen MR) is 108 cm³/mol. The van der Waals surface area contributed by atoms with E-state index in [4.69, 9.17) is 21.2 Å². The number of halogens is 1. The summed E-state index contributed by atoms with van der Waals surface area (Å²) >= 11 is 5.96. The number of para-hydroxylation sites is 1. The van der Waals surface area contributed by atoms with E-state index in [1.54, 1.807) is 12.1 Å². The Morgan fingerprint density at radius 3 is 2.52 bits per heavy atom. The number of amides is 1. The molecule has 0 aliphatic heterocycles. The van der Waals surface area contributed by atoms with Crippen LogP contribution in [0.4, 0.5) is 5.69 Å². The third kappa shape index (κ3) is 5.54. The number of sulfonamides is 1. The molecule has 0 spiro atoms. The number of benzene rings is 2. The van der Waals surface area contributed by atoms with Crippen molar-refractivity contribution in [2.75, 3.05) is 26.1 Å². The highest BCUT2D eigenvalue weighted by atomic mass is 35.5. The zero-order chi connectivity index (χ0) is 21.6. The molecule has 10 heteroatoms. The van der Waals surface area contributed by atoms with E-state index >= 15 is 0 Å². The first-order valence-electron chi connectivity index (χ1n) is 8.58. The van der Waals surface area contributed by atoms with Gasteiger partial charge >= 0.3 is 5.97 Å². The van der Waals surface area contributed by atoms with Crippen LogP contribution in [-0.2, 0) is 30.8 Å². The van der Waals surface area contributed by atoms with Gasteiger partial charge in [-0.05, 0) is 36.2 Å². The Labute approximate surface area is 174 Å². The van der Waals surface area contributed by atoms with E-state index in [0.717, 1.165) is 18.1 Å². The molecule has 0 bridgehead atoms. The molecule has 0 saturated carbocycles. The smallest absolute Gasteiger partial charge is 0.338 e. The molecule has 0 radical (unpaired) electrons. The van der Waals surface area contributed by atoms with Crippen LogP contribution in [0.3, 0.4) is 0 Å². The third-order valence-corrected chi connectivity index (χ3v) is 6.21. The molecular formula is C19H21ClN2O6S. The van der Waals surface area contributed by atoms with Gasteiger partial charge in [0.15, 0.2) is 6.61 Å². The Balaban J connectivity index is 2.09. The number of carbonyl (C=O) groups excluding carboxylic acids is 2. The topological polar surface area (TPSA) is 102 Å². The number of anilines is 1. The summed E-state index contributed by atoms with van der Waals surface area (Å²) in [6, 6.07) is 10.9. The Hall–Kier alpha value is -2.46. The van der Waals surface area contributed by atoms with E-state index in [1.165, 1.54) is 26.3 Å². The Morgan fingerprint density at radius 1 is 1.17 bits per heavy atom. The second-order valence-electron chi connectivity index (χ2n) is 5.88. The van der Waals surface area contributed by atoms with Crippen molar-refractivity contribution in [3.05, 3.63) is 58.6 Å². The summed E-state index contributed by atoms with van der Waals surface area (Å²) in [7, 11) is -1.69. The molecule has 8 nitrogen and oxygen atoms in total. The predicted octanol–water partition coefficient (Wildman–Crippen LogP) is 2.88. The summed E-state index contributed by atoms with van der Waals surface area (Å²) in [5.74, 6) is -1.38. The maximum absolute atomic E-state index is 12.4. The van der Waals surface area contributed by atoms with Crippen LogP contribution in [0.1, 0.15) is 22.8 Å². The molecule has 0 atom stereocenters. The molecule has 2 rings (SSSR count). The SMILES string of the molecule is CCc1ccccc1NC(=O)COC(=O)c1ccc(Cl)c(S(=O)(=O)N(C)OC)c1. The minimum absolute atomic E-state index is 0.0702. The number of aryl methyl sites for hydroxylation is 1. The van der Waals surface area contributed by atoms with Crippen LogP contribution in [0.15, 0.2) is 47.4 Å². The van der Waals surface area contributed by atoms with E-state index in [1.807, 2.05) is 19.1 Å². The lowest BCUT2D eigenvalue weighted by Gasteiger charge is -2.15. The van der Waals surface area contributed by atoms with E-state index in [-0.39, 0.29) is 15.5 Å². The first-order valence-corrected chi connectivity index (χ1v) is 10.4. The largest absolute Gasteiger partial charge is 0.452 e. The van der Waals surface area contributed by atoms with Crippen LogP contribution < -0.4 is 5.32 Å². The molecule has 0 fully saturated rings. The monoisotopic (exact) mass is 440 g/mol. The molecule has 29 heavy (non-hydrogen) atoms. The van der Waals surface area contributed by atoms with Gasteiger partial charge in [0.05, 0.1) is 17.7 Å². The molecule has 0 aromatic heterocycles. The summed E-state index contributed by atoms with van der Waals surface area (Å²) < 4.78 is 30.4. The van der Waals surface area contributed by atoms with Gasteiger partial charge in [-0.1, -0.05) is 41.2 Å². The lowest BCUT2D eigenvalue weighted by Crippen LogP contribution is -2.26.